The summed E-state index contributed by atoms with van der Waals surface area (Å²) in [4.78, 5) is 39.8. The minimum absolute atomic E-state index is 0.0368. The lowest BCUT2D eigenvalue weighted by atomic mass is 10.1. The first-order chi connectivity index (χ1) is 34.9. The number of rotatable bonds is 50. The third-order valence-corrected chi connectivity index (χ3v) is 12.9. The molecule has 3 atom stereocenters. The fourth-order valence-electron chi connectivity index (χ4n) is 7.56. The first-order valence-corrected chi connectivity index (χ1v) is 30.2. The van der Waals surface area contributed by atoms with E-state index in [1.165, 1.54) is 64.2 Å². The van der Waals surface area contributed by atoms with Gasteiger partial charge in [0.15, 0.2) is 0 Å². The Morgan fingerprint density at radius 3 is 1.35 bits per heavy atom. The van der Waals surface area contributed by atoms with Crippen molar-refractivity contribution in [1.29, 1.82) is 0 Å². The number of hydrogen-bond donors (Lipinski definition) is 1. The molecule has 0 heterocycles. The summed E-state index contributed by atoms with van der Waals surface area (Å²) in [5.41, 5.74) is 0. The van der Waals surface area contributed by atoms with Gasteiger partial charge in [0.25, 0.3) is 7.82 Å². The Labute approximate surface area is 442 Å². The zero-order valence-corrected chi connectivity index (χ0v) is 47.7. The topological polar surface area (TPSA) is 114 Å². The Kier molecular flexibility index (Phi) is 48.8. The summed E-state index contributed by atoms with van der Waals surface area (Å²) in [6.45, 7) is 6.56. The lowest BCUT2D eigenvalue weighted by Crippen LogP contribution is -2.47. The van der Waals surface area contributed by atoms with Gasteiger partial charge in [-0.2, -0.15) is 0 Å². The number of phosphoric ester groups is 1. The van der Waals surface area contributed by atoms with Crippen molar-refractivity contribution in [3.05, 3.63) is 109 Å². The first kappa shape index (κ1) is 68.7. The molecule has 0 aliphatic rings. The van der Waals surface area contributed by atoms with Crippen LogP contribution in [0.25, 0.3) is 0 Å². The average molecular weight is 1020 g/mol. The number of carbonyl (C=O) groups is 2. The second kappa shape index (κ2) is 51.2. The molecule has 0 bridgehead atoms. The van der Waals surface area contributed by atoms with Crippen molar-refractivity contribution in [2.45, 2.75) is 232 Å². The Morgan fingerprint density at radius 2 is 0.889 bits per heavy atom. The van der Waals surface area contributed by atoms with Gasteiger partial charge in [-0.3, -0.25) is 14.2 Å². The molecular formula is C62H107N2O7P. The summed E-state index contributed by atoms with van der Waals surface area (Å²) in [6, 6.07) is -0.916. The van der Waals surface area contributed by atoms with Crippen LogP contribution < -0.4 is 10.2 Å². The molecule has 0 radical (unpaired) electrons. The Balaban J connectivity index is 5.39. The number of nitrogens with one attached hydrogen (secondary N) is 1. The molecule has 1 amide bonds. The zero-order valence-electron chi connectivity index (χ0n) is 46.8. The second-order valence-electron chi connectivity index (χ2n) is 20.0. The number of phosphoric acid groups is 1. The predicted octanol–water partition coefficient (Wildman–Crippen LogP) is 16.7. The smallest absolute Gasteiger partial charge is 0.306 e. The number of ether oxygens (including phenoxy) is 1. The summed E-state index contributed by atoms with van der Waals surface area (Å²) in [5, 5.41) is 3.00. The highest BCUT2D eigenvalue weighted by atomic mass is 31.2. The molecule has 0 aromatic carbocycles. The molecule has 0 saturated carbocycles. The number of amides is 1. The highest BCUT2D eigenvalue weighted by molar-refractivity contribution is 7.45. The van der Waals surface area contributed by atoms with E-state index in [9.17, 15) is 19.0 Å². The average Bonchev–Trinajstić information content (AvgIpc) is 3.34. The van der Waals surface area contributed by atoms with E-state index in [2.05, 4.69) is 123 Å². The van der Waals surface area contributed by atoms with Crippen molar-refractivity contribution in [2.24, 2.45) is 0 Å². The number of nitrogens with zero attached hydrogens (tertiary/aromatic N) is 1. The van der Waals surface area contributed by atoms with Crippen LogP contribution in [-0.4, -0.2) is 69.4 Å². The molecule has 10 heteroatoms. The third-order valence-electron chi connectivity index (χ3n) is 11.9. The normalized spacial score (nSPS) is 14.6. The van der Waals surface area contributed by atoms with Crippen LogP contribution in [0.1, 0.15) is 220 Å². The minimum Gasteiger partial charge on any atom is -0.756 e. The molecule has 0 rings (SSSR count). The van der Waals surface area contributed by atoms with Crippen LogP contribution in [0.2, 0.25) is 0 Å². The molecule has 0 aliphatic carbocycles. The monoisotopic (exact) mass is 1020 g/mol. The maximum absolute atomic E-state index is 13.5. The van der Waals surface area contributed by atoms with Crippen molar-refractivity contribution >= 4 is 19.7 Å². The zero-order chi connectivity index (χ0) is 52.9. The lowest BCUT2D eigenvalue weighted by Gasteiger charge is -2.30. The standard InChI is InChI=1S/C62H107N2O7P/c1-7-10-13-16-19-22-25-27-29-30-31-32-33-34-35-37-40-43-46-49-52-55-62(66)71-60(53-50-47-44-41-38-24-21-18-15-12-9-3)59(58-70-72(67,68)69-57-56-64(4,5)6)63-61(65)54-51-48-45-42-39-36-28-26-23-20-17-14-11-8-2/h10-11,13-14,19-20,22-23,27,29,31-32,34-35,40,43,50,53,59-60H,7-9,12,15-18,21,24-26,28,30,33,36-39,41-42,44-49,51-52,54-58H2,1-6H3,(H-,63,65,67,68)/b13-10-,14-11+,22-19-,23-20+,29-27-,32-31-,35-34-,43-40-,53-50-. The lowest BCUT2D eigenvalue weighted by molar-refractivity contribution is -0.870. The quantitative estimate of drug-likeness (QED) is 0.0212. The summed E-state index contributed by atoms with van der Waals surface area (Å²) < 4.78 is 30.2. The van der Waals surface area contributed by atoms with Crippen molar-refractivity contribution in [3.63, 3.8) is 0 Å². The van der Waals surface area contributed by atoms with Crippen LogP contribution in [0.4, 0.5) is 0 Å². The maximum Gasteiger partial charge on any atom is 0.306 e. The van der Waals surface area contributed by atoms with E-state index >= 15 is 0 Å². The number of esters is 1. The van der Waals surface area contributed by atoms with E-state index < -0.39 is 26.6 Å². The molecule has 0 aromatic heterocycles. The minimum atomic E-state index is -4.71. The number of carbonyl (C=O) groups excluding carboxylic acids is 2. The number of hydrogen-bond acceptors (Lipinski definition) is 7. The molecule has 9 nitrogen and oxygen atoms in total. The van der Waals surface area contributed by atoms with Crippen LogP contribution in [0.15, 0.2) is 109 Å². The largest absolute Gasteiger partial charge is 0.756 e. The second-order valence-corrected chi connectivity index (χ2v) is 21.4. The van der Waals surface area contributed by atoms with E-state index in [1.807, 2.05) is 27.2 Å². The van der Waals surface area contributed by atoms with E-state index in [1.54, 1.807) is 6.08 Å². The molecule has 0 aliphatic heterocycles. The van der Waals surface area contributed by atoms with Crippen LogP contribution in [-0.2, 0) is 27.9 Å². The molecule has 0 fully saturated rings. The van der Waals surface area contributed by atoms with Crippen LogP contribution in [0.3, 0.4) is 0 Å². The molecule has 1 N–H and O–H groups in total. The molecule has 412 valence electrons. The molecule has 72 heavy (non-hydrogen) atoms. The number of likely N-dealkylation sites (N-methyl/N-ethyl adjacent to an activating group) is 1. The summed E-state index contributed by atoms with van der Waals surface area (Å²) in [6.07, 6.45) is 69.2. The van der Waals surface area contributed by atoms with Crippen molar-refractivity contribution in [3.8, 4) is 0 Å². The first-order valence-electron chi connectivity index (χ1n) is 28.7. The fraction of sp³-hybridized carbons (Fsp3) is 0.677. The molecule has 0 saturated heterocycles. The van der Waals surface area contributed by atoms with Gasteiger partial charge >= 0.3 is 5.97 Å². The van der Waals surface area contributed by atoms with Gasteiger partial charge < -0.3 is 28.5 Å². The van der Waals surface area contributed by atoms with Crippen molar-refractivity contribution in [2.75, 3.05) is 40.9 Å². The SMILES string of the molecule is CC/C=C\C/C=C\C/C=C\C/C=C\C/C=C\C/C=C\CCCCC(=O)OC(/C=C\CCCCCCCCCCC)C(COP(=O)([O-])OCC[N+](C)(C)C)NC(=O)CCCCCCCCC/C=C/C/C=C/CC. The number of quaternary nitrogens is 1. The van der Waals surface area contributed by atoms with Gasteiger partial charge in [-0.15, -0.1) is 0 Å². The van der Waals surface area contributed by atoms with Crippen molar-refractivity contribution < 1.29 is 37.3 Å². The van der Waals surface area contributed by atoms with Crippen molar-refractivity contribution in [1.82, 2.24) is 5.32 Å². The van der Waals surface area contributed by atoms with E-state index in [0.717, 1.165) is 116 Å². The van der Waals surface area contributed by atoms with Gasteiger partial charge in [0.2, 0.25) is 5.91 Å². The van der Waals surface area contributed by atoms with Gasteiger partial charge in [-0.1, -0.05) is 208 Å². The fourth-order valence-corrected chi connectivity index (χ4v) is 8.28. The summed E-state index contributed by atoms with van der Waals surface area (Å²) >= 11 is 0. The van der Waals surface area contributed by atoms with Crippen LogP contribution in [0.5, 0.6) is 0 Å². The number of allylic oxidation sites excluding steroid dienone is 17. The molecule has 0 spiro atoms. The molecule has 3 unspecified atom stereocenters. The molecule has 0 aromatic rings. The third kappa shape index (κ3) is 51.6. The van der Waals surface area contributed by atoms with Gasteiger partial charge in [-0.25, -0.2) is 0 Å². The highest BCUT2D eigenvalue weighted by Gasteiger charge is 2.27. The summed E-state index contributed by atoms with van der Waals surface area (Å²) in [7, 11) is 1.14. The van der Waals surface area contributed by atoms with E-state index in [4.69, 9.17) is 13.8 Å². The molecular weight excluding hydrogens is 916 g/mol. The van der Waals surface area contributed by atoms with Gasteiger partial charge in [0.1, 0.15) is 19.3 Å². The van der Waals surface area contributed by atoms with Gasteiger partial charge in [0, 0.05) is 12.8 Å². The highest BCUT2D eigenvalue weighted by Crippen LogP contribution is 2.38. The predicted molar refractivity (Wildman–Crippen MR) is 307 cm³/mol. The van der Waals surface area contributed by atoms with Crippen LogP contribution >= 0.6 is 7.82 Å². The van der Waals surface area contributed by atoms with E-state index in [0.29, 0.717) is 23.9 Å². The Hall–Kier alpha value is -3.33. The Morgan fingerprint density at radius 1 is 0.500 bits per heavy atom. The van der Waals surface area contributed by atoms with Gasteiger partial charge in [-0.05, 0) is 109 Å². The number of unbranched alkanes of at least 4 members (excludes halogenated alkanes) is 18. The van der Waals surface area contributed by atoms with Gasteiger partial charge in [0.05, 0.1) is 33.8 Å². The van der Waals surface area contributed by atoms with Crippen LogP contribution in [0, 0.1) is 0 Å². The Bertz CT molecular complexity index is 1600. The summed E-state index contributed by atoms with van der Waals surface area (Å²) in [5.74, 6) is -0.611. The maximum atomic E-state index is 13.5. The van der Waals surface area contributed by atoms with E-state index in [-0.39, 0.29) is 24.9 Å².